The van der Waals surface area contributed by atoms with Crippen LogP contribution in [0.15, 0.2) is 30.3 Å². The first-order valence-corrected chi connectivity index (χ1v) is 8.38. The van der Waals surface area contributed by atoms with Crippen molar-refractivity contribution in [3.8, 4) is 0 Å². The molecule has 1 aromatic rings. The van der Waals surface area contributed by atoms with Crippen LogP contribution in [0.3, 0.4) is 0 Å². The average Bonchev–Trinajstić information content (AvgIpc) is 2.67. The highest BCUT2D eigenvalue weighted by Gasteiger charge is 2.50. The lowest BCUT2D eigenvalue weighted by Crippen LogP contribution is -2.41. The van der Waals surface area contributed by atoms with Gasteiger partial charge in [-0.2, -0.15) is 0 Å². The topological polar surface area (TPSA) is 27.7 Å². The fourth-order valence-electron chi connectivity index (χ4n) is 2.54. The summed E-state index contributed by atoms with van der Waals surface area (Å²) in [6.07, 6.45) is 4.32. The lowest BCUT2D eigenvalue weighted by molar-refractivity contribution is 0.00578. The summed E-state index contributed by atoms with van der Waals surface area (Å²) in [6, 6.07) is 10.3. The third kappa shape index (κ3) is 4.84. The van der Waals surface area contributed by atoms with Gasteiger partial charge in [0.25, 0.3) is 0 Å². The van der Waals surface area contributed by atoms with Crippen LogP contribution in [-0.2, 0) is 20.7 Å². The third-order valence-corrected chi connectivity index (χ3v) is 4.64. The van der Waals surface area contributed by atoms with Crippen LogP contribution < -0.4 is 0 Å². The van der Waals surface area contributed by atoms with Gasteiger partial charge >= 0.3 is 7.12 Å². The first kappa shape index (κ1) is 17.5. The molecule has 122 valence electrons. The van der Waals surface area contributed by atoms with E-state index in [0.29, 0.717) is 6.61 Å². The Labute approximate surface area is 135 Å². The minimum atomic E-state index is -0.212. The predicted molar refractivity (Wildman–Crippen MR) is 90.8 cm³/mol. The maximum Gasteiger partial charge on any atom is 0.457 e. The fraction of sp³-hybridized carbons (Fsp3) is 0.667. The van der Waals surface area contributed by atoms with E-state index in [1.807, 2.05) is 18.2 Å². The van der Waals surface area contributed by atoms with E-state index in [1.165, 1.54) is 5.56 Å². The number of rotatable bonds is 8. The Kier molecular flexibility index (Phi) is 6.07. The SMILES string of the molecule is CC1(C)OB(CCCCCOCc2ccccc2)OC1(C)C. The molecular weight excluding hydrogens is 275 g/mol. The monoisotopic (exact) mass is 304 g/mol. The molecule has 0 aliphatic carbocycles. The van der Waals surface area contributed by atoms with Gasteiger partial charge in [-0.05, 0) is 46.0 Å². The van der Waals surface area contributed by atoms with Crippen molar-refractivity contribution in [2.75, 3.05) is 6.61 Å². The second kappa shape index (κ2) is 7.63. The highest BCUT2D eigenvalue weighted by atomic mass is 16.7. The van der Waals surface area contributed by atoms with Gasteiger partial charge in [-0.15, -0.1) is 0 Å². The molecule has 0 bridgehead atoms. The Morgan fingerprint density at radius 1 is 0.909 bits per heavy atom. The van der Waals surface area contributed by atoms with Gasteiger partial charge in [0.05, 0.1) is 17.8 Å². The minimum Gasteiger partial charge on any atom is -0.403 e. The Bertz CT molecular complexity index is 429. The number of hydrogen-bond acceptors (Lipinski definition) is 3. The van der Waals surface area contributed by atoms with Crippen LogP contribution in [0.2, 0.25) is 6.32 Å². The van der Waals surface area contributed by atoms with E-state index in [9.17, 15) is 0 Å². The number of unbranched alkanes of at least 4 members (excludes halogenated alkanes) is 2. The van der Waals surface area contributed by atoms with Gasteiger partial charge < -0.3 is 14.0 Å². The lowest BCUT2D eigenvalue weighted by atomic mass is 9.82. The zero-order valence-electron chi connectivity index (χ0n) is 14.4. The molecule has 0 spiro atoms. The molecule has 1 aromatic carbocycles. The second-order valence-electron chi connectivity index (χ2n) is 7.07. The van der Waals surface area contributed by atoms with E-state index in [2.05, 4.69) is 39.8 Å². The van der Waals surface area contributed by atoms with Gasteiger partial charge in [-0.1, -0.05) is 43.2 Å². The maximum atomic E-state index is 6.00. The molecule has 1 saturated heterocycles. The third-order valence-electron chi connectivity index (χ3n) is 4.64. The van der Waals surface area contributed by atoms with E-state index in [0.717, 1.165) is 32.2 Å². The average molecular weight is 304 g/mol. The molecule has 0 saturated carbocycles. The van der Waals surface area contributed by atoms with Crippen molar-refractivity contribution in [3.05, 3.63) is 35.9 Å². The summed E-state index contributed by atoms with van der Waals surface area (Å²) in [5, 5.41) is 0. The zero-order chi connectivity index (χ0) is 16.1. The summed E-state index contributed by atoms with van der Waals surface area (Å²) >= 11 is 0. The minimum absolute atomic E-state index is 0.0600. The summed E-state index contributed by atoms with van der Waals surface area (Å²) in [5.74, 6) is 0. The molecule has 1 fully saturated rings. The van der Waals surface area contributed by atoms with Gasteiger partial charge in [0.2, 0.25) is 0 Å². The highest BCUT2D eigenvalue weighted by molar-refractivity contribution is 6.45. The first-order chi connectivity index (χ1) is 10.4. The standard InChI is InChI=1S/C18H29BO3/c1-17(2)18(3,4)22-19(21-17)13-9-6-10-14-20-15-16-11-7-5-8-12-16/h5,7-8,11-12H,6,9-10,13-15H2,1-4H3. The lowest BCUT2D eigenvalue weighted by Gasteiger charge is -2.32. The van der Waals surface area contributed by atoms with Crippen LogP contribution in [0.5, 0.6) is 0 Å². The van der Waals surface area contributed by atoms with E-state index in [-0.39, 0.29) is 18.3 Å². The Hall–Kier alpha value is -0.835. The van der Waals surface area contributed by atoms with E-state index >= 15 is 0 Å². The normalized spacial score (nSPS) is 19.5. The molecule has 4 heteroatoms. The fourth-order valence-corrected chi connectivity index (χ4v) is 2.54. The van der Waals surface area contributed by atoms with Gasteiger partial charge in [-0.25, -0.2) is 0 Å². The van der Waals surface area contributed by atoms with Crippen molar-refractivity contribution < 1.29 is 14.0 Å². The molecule has 0 N–H and O–H groups in total. The Morgan fingerprint density at radius 2 is 1.55 bits per heavy atom. The van der Waals surface area contributed by atoms with E-state index in [1.54, 1.807) is 0 Å². The van der Waals surface area contributed by atoms with Crippen molar-refractivity contribution in [2.24, 2.45) is 0 Å². The largest absolute Gasteiger partial charge is 0.457 e. The first-order valence-electron chi connectivity index (χ1n) is 8.38. The summed E-state index contributed by atoms with van der Waals surface area (Å²) in [4.78, 5) is 0. The van der Waals surface area contributed by atoms with Gasteiger partial charge in [0.1, 0.15) is 0 Å². The number of hydrogen-bond donors (Lipinski definition) is 0. The van der Waals surface area contributed by atoms with Crippen LogP contribution in [0, 0.1) is 0 Å². The molecule has 0 radical (unpaired) electrons. The summed E-state index contributed by atoms with van der Waals surface area (Å²) < 4.78 is 17.7. The van der Waals surface area contributed by atoms with Crippen molar-refractivity contribution >= 4 is 7.12 Å². The predicted octanol–water partition coefficient (Wildman–Crippen LogP) is 4.47. The molecule has 0 aromatic heterocycles. The maximum absolute atomic E-state index is 6.00. The zero-order valence-corrected chi connectivity index (χ0v) is 14.4. The molecule has 1 aliphatic heterocycles. The summed E-state index contributed by atoms with van der Waals surface area (Å²) in [6.45, 7) is 9.93. The van der Waals surface area contributed by atoms with Gasteiger partial charge in [-0.3, -0.25) is 0 Å². The number of ether oxygens (including phenoxy) is 1. The van der Waals surface area contributed by atoms with Crippen molar-refractivity contribution in [2.45, 2.75) is 71.1 Å². The number of benzene rings is 1. The van der Waals surface area contributed by atoms with E-state index in [4.69, 9.17) is 14.0 Å². The molecule has 0 unspecified atom stereocenters. The van der Waals surface area contributed by atoms with Gasteiger partial charge in [0, 0.05) is 6.61 Å². The molecule has 1 aliphatic rings. The van der Waals surface area contributed by atoms with Crippen molar-refractivity contribution in [3.63, 3.8) is 0 Å². The molecule has 3 nitrogen and oxygen atoms in total. The quantitative estimate of drug-likeness (QED) is 0.524. The van der Waals surface area contributed by atoms with Crippen LogP contribution in [0.1, 0.15) is 52.5 Å². The molecule has 0 amide bonds. The summed E-state index contributed by atoms with van der Waals surface area (Å²) in [5.41, 5.74) is 0.812. The molecule has 2 rings (SSSR count). The van der Waals surface area contributed by atoms with Crippen LogP contribution in [0.4, 0.5) is 0 Å². The molecule has 22 heavy (non-hydrogen) atoms. The Morgan fingerprint density at radius 3 is 2.18 bits per heavy atom. The smallest absolute Gasteiger partial charge is 0.403 e. The molecule has 0 atom stereocenters. The summed E-state index contributed by atoms with van der Waals surface area (Å²) in [7, 11) is -0.0600. The van der Waals surface area contributed by atoms with Gasteiger partial charge in [0.15, 0.2) is 0 Å². The van der Waals surface area contributed by atoms with Crippen LogP contribution in [0.25, 0.3) is 0 Å². The Balaban J connectivity index is 1.52. The molecular formula is C18H29BO3. The highest BCUT2D eigenvalue weighted by Crippen LogP contribution is 2.38. The van der Waals surface area contributed by atoms with Crippen LogP contribution in [-0.4, -0.2) is 24.9 Å². The second-order valence-corrected chi connectivity index (χ2v) is 7.07. The molecule has 1 heterocycles. The van der Waals surface area contributed by atoms with Crippen LogP contribution >= 0.6 is 0 Å². The van der Waals surface area contributed by atoms with Crippen molar-refractivity contribution in [1.29, 1.82) is 0 Å². The van der Waals surface area contributed by atoms with E-state index < -0.39 is 0 Å². The van der Waals surface area contributed by atoms with Crippen molar-refractivity contribution in [1.82, 2.24) is 0 Å².